The Balaban J connectivity index is 2.06. The van der Waals surface area contributed by atoms with Crippen molar-refractivity contribution >= 4 is 11.6 Å². The van der Waals surface area contributed by atoms with Crippen molar-refractivity contribution in [1.82, 2.24) is 5.32 Å². The van der Waals surface area contributed by atoms with Gasteiger partial charge in [-0.05, 0) is 43.0 Å². The summed E-state index contributed by atoms with van der Waals surface area (Å²) in [7, 11) is 0. The Morgan fingerprint density at radius 2 is 1.89 bits per heavy atom. The van der Waals surface area contributed by atoms with Crippen LogP contribution in [0.4, 0.5) is 5.69 Å². The fraction of sp³-hybridized carbons (Fsp3) is 0.562. The molecule has 1 aliphatic rings. The number of amides is 1. The molecule has 0 radical (unpaired) electrons. The van der Waals surface area contributed by atoms with Gasteiger partial charge >= 0.3 is 0 Å². The van der Waals surface area contributed by atoms with Gasteiger partial charge in [0.25, 0.3) is 0 Å². The normalized spacial score (nSPS) is 23.4. The molecule has 0 bridgehead atoms. The summed E-state index contributed by atoms with van der Waals surface area (Å²) in [5, 5.41) is 6.27. The van der Waals surface area contributed by atoms with Crippen molar-refractivity contribution in [2.75, 3.05) is 18.4 Å². The molecule has 19 heavy (non-hydrogen) atoms. The van der Waals surface area contributed by atoms with Gasteiger partial charge in [0.15, 0.2) is 0 Å². The fourth-order valence-corrected chi connectivity index (χ4v) is 2.35. The molecule has 2 rings (SSSR count). The van der Waals surface area contributed by atoms with Gasteiger partial charge in [-0.3, -0.25) is 4.79 Å². The maximum atomic E-state index is 12.3. The van der Waals surface area contributed by atoms with Gasteiger partial charge in [-0.1, -0.05) is 32.9 Å². The maximum absolute atomic E-state index is 12.3. The van der Waals surface area contributed by atoms with Crippen molar-refractivity contribution in [3.63, 3.8) is 0 Å². The topological polar surface area (TPSA) is 41.1 Å². The lowest BCUT2D eigenvalue weighted by Gasteiger charge is -2.22. The van der Waals surface area contributed by atoms with E-state index in [0.717, 1.165) is 25.2 Å². The Labute approximate surface area is 115 Å². The highest BCUT2D eigenvalue weighted by Gasteiger charge is 2.36. The third-order valence-electron chi connectivity index (χ3n) is 3.93. The number of hydrogen-bond donors (Lipinski definition) is 2. The van der Waals surface area contributed by atoms with Gasteiger partial charge < -0.3 is 10.6 Å². The fourth-order valence-electron chi connectivity index (χ4n) is 2.35. The van der Waals surface area contributed by atoms with E-state index < -0.39 is 0 Å². The van der Waals surface area contributed by atoms with Crippen LogP contribution in [0.1, 0.15) is 39.7 Å². The minimum atomic E-state index is -0.275. The summed E-state index contributed by atoms with van der Waals surface area (Å²) in [6.07, 6.45) is 0.902. The van der Waals surface area contributed by atoms with Gasteiger partial charge in [0.2, 0.25) is 5.91 Å². The van der Waals surface area contributed by atoms with E-state index in [4.69, 9.17) is 0 Å². The maximum Gasteiger partial charge on any atom is 0.231 e. The van der Waals surface area contributed by atoms with Crippen LogP contribution in [0.2, 0.25) is 0 Å². The van der Waals surface area contributed by atoms with E-state index in [0.29, 0.717) is 0 Å². The third kappa shape index (κ3) is 3.16. The monoisotopic (exact) mass is 260 g/mol. The van der Waals surface area contributed by atoms with Gasteiger partial charge in [-0.15, -0.1) is 0 Å². The predicted molar refractivity (Wildman–Crippen MR) is 79.4 cm³/mol. The first-order chi connectivity index (χ1) is 8.81. The van der Waals surface area contributed by atoms with E-state index in [1.54, 1.807) is 0 Å². The molecule has 1 aliphatic heterocycles. The van der Waals surface area contributed by atoms with Crippen molar-refractivity contribution in [3.05, 3.63) is 29.8 Å². The smallest absolute Gasteiger partial charge is 0.231 e. The highest BCUT2D eigenvalue weighted by molar-refractivity contribution is 5.95. The van der Waals surface area contributed by atoms with Crippen molar-refractivity contribution in [2.45, 2.75) is 39.5 Å². The quantitative estimate of drug-likeness (QED) is 0.858. The van der Waals surface area contributed by atoms with Crippen LogP contribution in [-0.2, 0) is 10.2 Å². The molecule has 0 spiro atoms. The lowest BCUT2D eigenvalue weighted by atomic mass is 9.87. The average molecular weight is 260 g/mol. The second-order valence-corrected chi connectivity index (χ2v) is 6.77. The molecule has 1 atom stereocenters. The molecule has 3 heteroatoms. The van der Waals surface area contributed by atoms with Crippen molar-refractivity contribution in [2.24, 2.45) is 5.41 Å². The van der Waals surface area contributed by atoms with Crippen LogP contribution in [0.25, 0.3) is 0 Å². The molecule has 104 valence electrons. The number of carbonyl (C=O) groups is 1. The summed E-state index contributed by atoms with van der Waals surface area (Å²) in [6, 6.07) is 8.16. The molecule has 2 N–H and O–H groups in total. The first kappa shape index (κ1) is 14.1. The average Bonchev–Trinajstić information content (AvgIpc) is 2.77. The number of nitrogens with one attached hydrogen (secondary N) is 2. The summed E-state index contributed by atoms with van der Waals surface area (Å²) in [5.41, 5.74) is 2.03. The number of benzene rings is 1. The lowest BCUT2D eigenvalue weighted by Crippen LogP contribution is -2.35. The van der Waals surface area contributed by atoms with E-state index in [-0.39, 0.29) is 16.7 Å². The van der Waals surface area contributed by atoms with Gasteiger partial charge in [-0.2, -0.15) is 0 Å². The Morgan fingerprint density at radius 3 is 2.37 bits per heavy atom. The summed E-state index contributed by atoms with van der Waals surface area (Å²) in [6.45, 7) is 10.3. The van der Waals surface area contributed by atoms with Crippen LogP contribution in [0, 0.1) is 5.41 Å². The second-order valence-electron chi connectivity index (χ2n) is 6.77. The molecule has 1 heterocycles. The molecule has 0 aromatic heterocycles. The zero-order valence-electron chi connectivity index (χ0n) is 12.3. The Hall–Kier alpha value is -1.35. The number of anilines is 1. The number of carbonyl (C=O) groups excluding carboxylic acids is 1. The summed E-state index contributed by atoms with van der Waals surface area (Å²) in [4.78, 5) is 12.3. The molecule has 1 fully saturated rings. The van der Waals surface area contributed by atoms with Crippen molar-refractivity contribution in [3.8, 4) is 0 Å². The third-order valence-corrected chi connectivity index (χ3v) is 3.93. The minimum absolute atomic E-state index is 0.112. The molecule has 1 aromatic carbocycles. The Morgan fingerprint density at radius 1 is 1.26 bits per heavy atom. The van der Waals surface area contributed by atoms with Gasteiger partial charge in [0, 0.05) is 12.2 Å². The molecular weight excluding hydrogens is 236 g/mol. The van der Waals surface area contributed by atoms with Crippen LogP contribution in [-0.4, -0.2) is 19.0 Å². The van der Waals surface area contributed by atoms with Crippen LogP contribution < -0.4 is 10.6 Å². The lowest BCUT2D eigenvalue weighted by molar-refractivity contribution is -0.123. The number of rotatable bonds is 2. The predicted octanol–water partition coefficient (Wildman–Crippen LogP) is 2.92. The largest absolute Gasteiger partial charge is 0.326 e. The molecule has 3 nitrogen and oxygen atoms in total. The SMILES string of the molecule is CC1(C(=O)Nc2ccc(C(C)(C)C)cc2)CCNC1. The zero-order valence-corrected chi connectivity index (χ0v) is 12.3. The van der Waals surface area contributed by atoms with E-state index >= 15 is 0 Å². The van der Waals surface area contributed by atoms with E-state index in [1.807, 2.05) is 19.1 Å². The molecule has 1 aromatic rings. The highest BCUT2D eigenvalue weighted by atomic mass is 16.2. The van der Waals surface area contributed by atoms with Crippen LogP contribution in [0.3, 0.4) is 0 Å². The first-order valence-electron chi connectivity index (χ1n) is 6.94. The second kappa shape index (κ2) is 4.97. The Kier molecular flexibility index (Phi) is 3.68. The van der Waals surface area contributed by atoms with Crippen LogP contribution >= 0.6 is 0 Å². The molecule has 1 saturated heterocycles. The Bertz CT molecular complexity index is 451. The van der Waals surface area contributed by atoms with Crippen molar-refractivity contribution < 1.29 is 4.79 Å². The van der Waals surface area contributed by atoms with Gasteiger partial charge in [-0.25, -0.2) is 0 Å². The zero-order chi connectivity index (χ0) is 14.1. The standard InChI is InChI=1S/C16H24N2O/c1-15(2,3)12-5-7-13(8-6-12)18-14(19)16(4)9-10-17-11-16/h5-8,17H,9-11H2,1-4H3,(H,18,19). The van der Waals surface area contributed by atoms with Crippen LogP contribution in [0.5, 0.6) is 0 Å². The first-order valence-corrected chi connectivity index (χ1v) is 6.94. The van der Waals surface area contributed by atoms with E-state index in [1.165, 1.54) is 5.56 Å². The summed E-state index contributed by atoms with van der Waals surface area (Å²) < 4.78 is 0. The highest BCUT2D eigenvalue weighted by Crippen LogP contribution is 2.27. The van der Waals surface area contributed by atoms with E-state index in [9.17, 15) is 4.79 Å². The molecule has 0 aliphatic carbocycles. The molecule has 0 saturated carbocycles. The van der Waals surface area contributed by atoms with Gasteiger partial charge in [0.1, 0.15) is 0 Å². The minimum Gasteiger partial charge on any atom is -0.326 e. The number of hydrogen-bond acceptors (Lipinski definition) is 2. The van der Waals surface area contributed by atoms with E-state index in [2.05, 4.69) is 43.5 Å². The van der Waals surface area contributed by atoms with Crippen molar-refractivity contribution in [1.29, 1.82) is 0 Å². The molecule has 1 unspecified atom stereocenters. The summed E-state index contributed by atoms with van der Waals surface area (Å²) in [5.74, 6) is 0.112. The van der Waals surface area contributed by atoms with Gasteiger partial charge in [0.05, 0.1) is 5.41 Å². The summed E-state index contributed by atoms with van der Waals surface area (Å²) >= 11 is 0. The van der Waals surface area contributed by atoms with Crippen LogP contribution in [0.15, 0.2) is 24.3 Å². The molecular formula is C16H24N2O. The molecule has 1 amide bonds.